The van der Waals surface area contributed by atoms with Crippen molar-refractivity contribution in [3.63, 3.8) is 0 Å². The van der Waals surface area contributed by atoms with Crippen molar-refractivity contribution in [1.29, 1.82) is 0 Å². The Morgan fingerprint density at radius 2 is 2.10 bits per heavy atom. The molecule has 0 amide bonds. The van der Waals surface area contributed by atoms with Crippen LogP contribution in [0.2, 0.25) is 0 Å². The number of hydrogen-bond donors (Lipinski definition) is 1. The molecule has 1 unspecified atom stereocenters. The van der Waals surface area contributed by atoms with Gasteiger partial charge in [-0.25, -0.2) is 18.1 Å². The van der Waals surface area contributed by atoms with E-state index in [-0.39, 0.29) is 5.03 Å². The summed E-state index contributed by atoms with van der Waals surface area (Å²) in [7, 11) is -3.61. The lowest BCUT2D eigenvalue weighted by Crippen LogP contribution is -2.45. The molecule has 0 radical (unpaired) electrons. The van der Waals surface area contributed by atoms with E-state index in [1.165, 1.54) is 0 Å². The Labute approximate surface area is 126 Å². The summed E-state index contributed by atoms with van der Waals surface area (Å²) in [6, 6.07) is 0. The lowest BCUT2D eigenvalue weighted by molar-refractivity contribution is 0.390. The molecule has 0 aliphatic carbocycles. The van der Waals surface area contributed by atoms with Gasteiger partial charge in [0, 0.05) is 24.2 Å². The second kappa shape index (κ2) is 6.91. The maximum atomic E-state index is 12.4. The van der Waals surface area contributed by atoms with Gasteiger partial charge in [0.1, 0.15) is 5.82 Å². The van der Waals surface area contributed by atoms with Gasteiger partial charge in [0.2, 0.25) is 0 Å². The molecule has 1 aromatic heterocycles. The first kappa shape index (κ1) is 17.5. The fourth-order valence-electron chi connectivity index (χ4n) is 1.96. The zero-order valence-corrected chi connectivity index (χ0v) is 14.2. The minimum Gasteiger partial charge on any atom is -0.334 e. The quantitative estimate of drug-likeness (QED) is 0.749. The first-order valence-electron chi connectivity index (χ1n) is 6.91. The topological polar surface area (TPSA) is 64.0 Å². The van der Waals surface area contributed by atoms with Crippen LogP contribution in [-0.2, 0) is 16.6 Å². The zero-order chi connectivity index (χ0) is 15.4. The molecule has 7 heteroatoms. The average Bonchev–Trinajstić information content (AvgIpc) is 2.72. The minimum atomic E-state index is -3.61. The van der Waals surface area contributed by atoms with Crippen molar-refractivity contribution in [3.05, 3.63) is 12.0 Å². The fourth-order valence-corrected chi connectivity index (χ4v) is 3.90. The van der Waals surface area contributed by atoms with Gasteiger partial charge in [0.15, 0.2) is 5.03 Å². The molecule has 0 saturated carbocycles. The first-order valence-corrected chi connectivity index (χ1v) is 8.93. The van der Waals surface area contributed by atoms with Gasteiger partial charge in [-0.3, -0.25) is 0 Å². The normalized spacial score (nSPS) is 15.2. The molecule has 0 spiro atoms. The lowest BCUT2D eigenvalue weighted by atomic mass is 9.97. The largest absolute Gasteiger partial charge is 0.334 e. The Bertz CT molecular complexity index is 542. The van der Waals surface area contributed by atoms with Crippen LogP contribution in [0.4, 0.5) is 0 Å². The number of halogens is 1. The Kier molecular flexibility index (Phi) is 6.04. The first-order chi connectivity index (χ1) is 9.28. The summed E-state index contributed by atoms with van der Waals surface area (Å²) in [6.45, 7) is 8.42. The number of nitrogens with one attached hydrogen (secondary N) is 1. The maximum Gasteiger partial charge on any atom is 0.260 e. The van der Waals surface area contributed by atoms with Crippen molar-refractivity contribution in [2.75, 3.05) is 5.88 Å². The monoisotopic (exact) mass is 321 g/mol. The highest BCUT2D eigenvalue weighted by atomic mass is 35.5. The third kappa shape index (κ3) is 4.20. The molecule has 0 fully saturated rings. The lowest BCUT2D eigenvalue weighted by Gasteiger charge is -2.27. The van der Waals surface area contributed by atoms with Crippen molar-refractivity contribution >= 4 is 21.6 Å². The molecule has 1 atom stereocenters. The third-order valence-corrected chi connectivity index (χ3v) is 5.20. The number of nitrogens with zero attached hydrogens (tertiary/aromatic N) is 2. The van der Waals surface area contributed by atoms with Crippen LogP contribution in [0.25, 0.3) is 0 Å². The number of aryl methyl sites for hydroxylation is 2. The van der Waals surface area contributed by atoms with Crippen molar-refractivity contribution in [2.45, 2.75) is 64.1 Å². The predicted octanol–water partition coefficient (Wildman–Crippen LogP) is 2.68. The second-order valence-corrected chi connectivity index (χ2v) is 7.29. The molecule has 1 rings (SSSR count). The van der Waals surface area contributed by atoms with Crippen LogP contribution in [0.15, 0.2) is 11.2 Å². The highest BCUT2D eigenvalue weighted by Crippen LogP contribution is 2.19. The summed E-state index contributed by atoms with van der Waals surface area (Å²) in [4.78, 5) is 4.16. The number of sulfonamides is 1. The Morgan fingerprint density at radius 1 is 1.45 bits per heavy atom. The van der Waals surface area contributed by atoms with Crippen molar-refractivity contribution in [2.24, 2.45) is 0 Å². The molecule has 1 N–H and O–H groups in total. The zero-order valence-electron chi connectivity index (χ0n) is 12.6. The molecule has 0 aliphatic rings. The van der Waals surface area contributed by atoms with Gasteiger partial charge >= 0.3 is 0 Å². The van der Waals surface area contributed by atoms with Crippen molar-refractivity contribution < 1.29 is 8.42 Å². The van der Waals surface area contributed by atoms with Crippen LogP contribution >= 0.6 is 11.6 Å². The van der Waals surface area contributed by atoms with E-state index in [4.69, 9.17) is 11.6 Å². The summed E-state index contributed by atoms with van der Waals surface area (Å²) in [5.74, 6) is 1.12. The van der Waals surface area contributed by atoms with Crippen molar-refractivity contribution in [3.8, 4) is 0 Å². The molecule has 116 valence electrons. The molecule has 20 heavy (non-hydrogen) atoms. The van der Waals surface area contributed by atoms with Crippen LogP contribution in [0.1, 0.15) is 45.9 Å². The van der Waals surface area contributed by atoms with Crippen LogP contribution in [-0.4, -0.2) is 29.4 Å². The van der Waals surface area contributed by atoms with E-state index >= 15 is 0 Å². The minimum absolute atomic E-state index is 0.0812. The van der Waals surface area contributed by atoms with E-state index in [0.717, 1.165) is 13.0 Å². The van der Waals surface area contributed by atoms with E-state index in [9.17, 15) is 8.42 Å². The molecule has 1 heterocycles. The van der Waals surface area contributed by atoms with Gasteiger partial charge in [0.25, 0.3) is 10.0 Å². The number of hydrogen-bond acceptors (Lipinski definition) is 3. The molecular formula is C13H24ClN3O2S. The van der Waals surface area contributed by atoms with Gasteiger partial charge < -0.3 is 4.57 Å². The van der Waals surface area contributed by atoms with Crippen molar-refractivity contribution in [1.82, 2.24) is 14.3 Å². The molecule has 5 nitrogen and oxygen atoms in total. The Morgan fingerprint density at radius 3 is 2.60 bits per heavy atom. The van der Waals surface area contributed by atoms with Gasteiger partial charge in [-0.15, -0.1) is 11.6 Å². The molecule has 1 aromatic rings. The predicted molar refractivity (Wildman–Crippen MR) is 81.6 cm³/mol. The van der Waals surface area contributed by atoms with E-state index in [1.54, 1.807) is 6.20 Å². The maximum absolute atomic E-state index is 12.4. The smallest absolute Gasteiger partial charge is 0.260 e. The summed E-state index contributed by atoms with van der Waals surface area (Å²) in [6.07, 6.45) is 3.79. The summed E-state index contributed by atoms with van der Waals surface area (Å²) in [5.41, 5.74) is -0.539. The number of aromatic nitrogens is 2. The van der Waals surface area contributed by atoms with E-state index in [2.05, 4.69) is 9.71 Å². The van der Waals surface area contributed by atoms with Gasteiger partial charge in [-0.1, -0.05) is 13.8 Å². The standard InChI is InChI=1S/C13H24ClN3O2S/c1-5-9-17-10-12(15-11(17)3)20(18,19)16-13(4,6-2)7-8-14/h10,16H,5-9H2,1-4H3. The van der Waals surface area contributed by atoms with Crippen LogP contribution < -0.4 is 4.72 Å². The van der Waals surface area contributed by atoms with Gasteiger partial charge in [-0.2, -0.15) is 0 Å². The van der Waals surface area contributed by atoms with Gasteiger partial charge in [0.05, 0.1) is 0 Å². The third-order valence-electron chi connectivity index (χ3n) is 3.50. The van der Waals surface area contributed by atoms with Crippen LogP contribution in [0, 0.1) is 6.92 Å². The SMILES string of the molecule is CCCn1cc(S(=O)(=O)NC(C)(CC)CCCl)nc1C. The van der Waals surface area contributed by atoms with Crippen LogP contribution in [0.3, 0.4) is 0 Å². The molecule has 0 aliphatic heterocycles. The number of rotatable bonds is 8. The summed E-state index contributed by atoms with van der Waals surface area (Å²) < 4.78 is 29.4. The second-order valence-electron chi connectivity index (χ2n) is 5.28. The average molecular weight is 322 g/mol. The summed E-state index contributed by atoms with van der Waals surface area (Å²) in [5, 5.41) is 0.0812. The Hall–Kier alpha value is -0.590. The van der Waals surface area contributed by atoms with E-state index in [1.807, 2.05) is 32.3 Å². The highest BCUT2D eigenvalue weighted by Gasteiger charge is 2.30. The Balaban J connectivity index is 3.01. The number of imidazole rings is 1. The van der Waals surface area contributed by atoms with E-state index < -0.39 is 15.6 Å². The fraction of sp³-hybridized carbons (Fsp3) is 0.769. The molecular weight excluding hydrogens is 298 g/mol. The molecule has 0 saturated heterocycles. The number of alkyl halides is 1. The summed E-state index contributed by atoms with van der Waals surface area (Å²) >= 11 is 5.76. The van der Waals surface area contributed by atoms with Crippen LogP contribution in [0.5, 0.6) is 0 Å². The van der Waals surface area contributed by atoms with E-state index in [0.29, 0.717) is 24.5 Å². The molecule has 0 bridgehead atoms. The van der Waals surface area contributed by atoms with Gasteiger partial charge in [-0.05, 0) is 33.1 Å². The molecule has 0 aromatic carbocycles. The highest BCUT2D eigenvalue weighted by molar-refractivity contribution is 7.89.